The normalized spacial score (nSPS) is 32.7. The Kier molecular flexibility index (Phi) is 4.53. The van der Waals surface area contributed by atoms with E-state index in [4.69, 9.17) is 0 Å². The van der Waals surface area contributed by atoms with E-state index in [1.54, 1.807) is 25.4 Å². The number of alkyl halides is 1. The molecule has 1 saturated carbocycles. The number of phenolic OH excluding ortho intramolecular Hbond substituents is 1. The first-order chi connectivity index (χ1) is 16.9. The second-order valence-corrected chi connectivity index (χ2v) is 11.1. The number of hydrogen-bond donors (Lipinski definition) is 2. The molecule has 2 aromatic heterocycles. The van der Waals surface area contributed by atoms with Crippen molar-refractivity contribution in [3.63, 3.8) is 0 Å². The summed E-state index contributed by atoms with van der Waals surface area (Å²) in [7, 11) is 1.71. The zero-order chi connectivity index (χ0) is 23.9. The maximum Gasteiger partial charge on any atom is 0.250 e. The largest absolute Gasteiger partial charge is 0.507 e. The molecule has 6 nitrogen and oxygen atoms in total. The smallest absolute Gasteiger partial charge is 0.250 e. The highest BCUT2D eigenvalue weighted by molar-refractivity contribution is 5.74. The van der Waals surface area contributed by atoms with Crippen LogP contribution in [0.3, 0.4) is 0 Å². The van der Waals surface area contributed by atoms with Crippen molar-refractivity contribution >= 4 is 0 Å². The second-order valence-electron chi connectivity index (χ2n) is 11.1. The number of aromatic hydroxyl groups is 1. The van der Waals surface area contributed by atoms with Crippen LogP contribution in [-0.2, 0) is 13.5 Å². The molecule has 3 fully saturated rings. The van der Waals surface area contributed by atoms with Crippen LogP contribution in [0.5, 0.6) is 5.75 Å². The fraction of sp³-hybridized carbons (Fsp3) is 0.464. The molecule has 3 aromatic rings. The van der Waals surface area contributed by atoms with Crippen molar-refractivity contribution in [3.8, 4) is 28.1 Å². The Morgan fingerprint density at radius 2 is 2.00 bits per heavy atom. The van der Waals surface area contributed by atoms with Crippen LogP contribution in [0.2, 0.25) is 0 Å². The highest BCUT2D eigenvalue weighted by Gasteiger charge is 2.69. The number of halogens is 1. The number of pyridine rings is 1. The molecule has 4 heterocycles. The lowest BCUT2D eigenvalue weighted by Crippen LogP contribution is -2.53. The van der Waals surface area contributed by atoms with Gasteiger partial charge in [-0.05, 0) is 85.4 Å². The standard InChI is InChI=1S/C28H29FN4O2/c1-33-8-7-16(11-25(33)35)15-5-6-21(24(34)10-15)23-9-17-3-2-4-20(26(17)32-31-23)22-13-19-12-18-14-28(18,30-19)27(22)29/h5-11,18-20,22,27,30,34H,2-4,12-14H2,1H3/t18?,19?,20-,22+,27+,28?/m1/s1. The Hall–Kier alpha value is -3.06. The van der Waals surface area contributed by atoms with E-state index in [-0.39, 0.29) is 28.7 Å². The molecule has 0 amide bonds. The highest BCUT2D eigenvalue weighted by Crippen LogP contribution is 2.62. The van der Waals surface area contributed by atoms with Gasteiger partial charge >= 0.3 is 0 Å². The zero-order valence-electron chi connectivity index (χ0n) is 19.7. The molecule has 1 spiro atoms. The van der Waals surface area contributed by atoms with Crippen molar-refractivity contribution in [3.05, 3.63) is 64.2 Å². The van der Waals surface area contributed by atoms with Crippen molar-refractivity contribution in [1.29, 1.82) is 0 Å². The number of piperidine rings is 2. The minimum absolute atomic E-state index is 0.0132. The molecule has 2 saturated heterocycles. The molecule has 7 rings (SSSR count). The lowest BCUT2D eigenvalue weighted by Gasteiger charge is -2.41. The number of nitrogens with one attached hydrogen (secondary N) is 1. The summed E-state index contributed by atoms with van der Waals surface area (Å²) in [5.41, 5.74) is 4.48. The monoisotopic (exact) mass is 472 g/mol. The third kappa shape index (κ3) is 3.20. The summed E-state index contributed by atoms with van der Waals surface area (Å²) in [5, 5.41) is 23.5. The van der Waals surface area contributed by atoms with Crippen LogP contribution in [0.1, 0.15) is 49.3 Å². The molecule has 4 aliphatic rings. The maximum absolute atomic E-state index is 15.7. The van der Waals surface area contributed by atoms with Crippen LogP contribution in [0.25, 0.3) is 22.4 Å². The van der Waals surface area contributed by atoms with Crippen molar-refractivity contribution in [2.24, 2.45) is 18.9 Å². The van der Waals surface area contributed by atoms with Crippen LogP contribution >= 0.6 is 0 Å². The van der Waals surface area contributed by atoms with Crippen LogP contribution < -0.4 is 10.9 Å². The van der Waals surface area contributed by atoms with Gasteiger partial charge in [-0.2, -0.15) is 10.2 Å². The van der Waals surface area contributed by atoms with Gasteiger partial charge in [-0.3, -0.25) is 4.79 Å². The van der Waals surface area contributed by atoms with E-state index in [9.17, 15) is 9.90 Å². The number of rotatable bonds is 3. The average molecular weight is 473 g/mol. The van der Waals surface area contributed by atoms with Gasteiger partial charge in [-0.15, -0.1) is 0 Å². The second kappa shape index (κ2) is 7.47. The van der Waals surface area contributed by atoms with Crippen molar-refractivity contribution < 1.29 is 9.50 Å². The quantitative estimate of drug-likeness (QED) is 0.600. The third-order valence-electron chi connectivity index (χ3n) is 9.07. The minimum atomic E-state index is -0.810. The van der Waals surface area contributed by atoms with Crippen molar-refractivity contribution in [2.75, 3.05) is 0 Å². The summed E-state index contributed by atoms with van der Waals surface area (Å²) in [5.74, 6) is 0.753. The number of aromatic nitrogens is 3. The summed E-state index contributed by atoms with van der Waals surface area (Å²) in [6.45, 7) is 0. The molecule has 180 valence electrons. The fourth-order valence-electron chi connectivity index (χ4n) is 7.18. The number of benzene rings is 1. The van der Waals surface area contributed by atoms with Crippen LogP contribution in [0, 0.1) is 11.8 Å². The van der Waals surface area contributed by atoms with Crippen molar-refractivity contribution in [2.45, 2.75) is 62.2 Å². The van der Waals surface area contributed by atoms with Gasteiger partial charge in [0.05, 0.1) is 16.9 Å². The summed E-state index contributed by atoms with van der Waals surface area (Å²) in [6, 6.07) is 11.3. The summed E-state index contributed by atoms with van der Waals surface area (Å²) < 4.78 is 17.2. The SMILES string of the molecule is Cn1ccc(-c2ccc(-c3cc4c(nn3)[C@@H]([C@@H]3CC5CC6CC6(N5)[C@H]3F)CCC4)c(O)c2)cc1=O. The van der Waals surface area contributed by atoms with Gasteiger partial charge in [0.25, 0.3) is 5.56 Å². The van der Waals surface area contributed by atoms with Gasteiger partial charge < -0.3 is 15.0 Å². The lowest BCUT2D eigenvalue weighted by atomic mass is 9.71. The molecule has 1 aromatic carbocycles. The minimum Gasteiger partial charge on any atom is -0.507 e. The number of fused-ring (bicyclic) bond motifs is 2. The summed E-state index contributed by atoms with van der Waals surface area (Å²) in [4.78, 5) is 12.0. The van der Waals surface area contributed by atoms with Gasteiger partial charge in [0.2, 0.25) is 0 Å². The molecule has 3 unspecified atom stereocenters. The van der Waals surface area contributed by atoms with E-state index in [0.717, 1.165) is 60.9 Å². The molecule has 2 aliphatic carbocycles. The molecule has 35 heavy (non-hydrogen) atoms. The predicted molar refractivity (Wildman–Crippen MR) is 131 cm³/mol. The fourth-order valence-corrected chi connectivity index (χ4v) is 7.18. The van der Waals surface area contributed by atoms with E-state index in [1.807, 2.05) is 24.3 Å². The first-order valence-corrected chi connectivity index (χ1v) is 12.7. The number of phenols is 1. The average Bonchev–Trinajstić information content (AvgIpc) is 3.45. The van der Waals surface area contributed by atoms with Gasteiger partial charge in [0, 0.05) is 42.8 Å². The molecule has 2 aliphatic heterocycles. The first kappa shape index (κ1) is 21.2. The van der Waals surface area contributed by atoms with E-state index < -0.39 is 6.17 Å². The number of hydrogen-bond acceptors (Lipinski definition) is 5. The molecule has 2 bridgehead atoms. The van der Waals surface area contributed by atoms with Gasteiger partial charge in [-0.1, -0.05) is 6.07 Å². The molecular weight excluding hydrogens is 443 g/mol. The Bertz CT molecular complexity index is 1400. The van der Waals surface area contributed by atoms with Crippen molar-refractivity contribution in [1.82, 2.24) is 20.1 Å². The van der Waals surface area contributed by atoms with Gasteiger partial charge in [0.15, 0.2) is 0 Å². The molecule has 6 atom stereocenters. The van der Waals surface area contributed by atoms with E-state index in [0.29, 0.717) is 23.2 Å². The van der Waals surface area contributed by atoms with E-state index in [2.05, 4.69) is 15.5 Å². The predicted octanol–water partition coefficient (Wildman–Crippen LogP) is 4.11. The summed E-state index contributed by atoms with van der Waals surface area (Å²) in [6.07, 6.45) is 6.79. The summed E-state index contributed by atoms with van der Waals surface area (Å²) >= 11 is 0. The Morgan fingerprint density at radius 3 is 2.83 bits per heavy atom. The van der Waals surface area contributed by atoms with E-state index >= 15 is 4.39 Å². The topological polar surface area (TPSA) is 80.0 Å². The van der Waals surface area contributed by atoms with Crippen LogP contribution in [0.4, 0.5) is 4.39 Å². The molecule has 7 heteroatoms. The Labute approximate surface area is 203 Å². The first-order valence-electron chi connectivity index (χ1n) is 12.7. The van der Waals surface area contributed by atoms with Gasteiger partial charge in [-0.25, -0.2) is 4.39 Å². The molecule has 0 radical (unpaired) electrons. The van der Waals surface area contributed by atoms with Crippen LogP contribution in [0.15, 0.2) is 47.4 Å². The molecule has 2 N–H and O–H groups in total. The third-order valence-corrected chi connectivity index (χ3v) is 9.07. The lowest BCUT2D eigenvalue weighted by molar-refractivity contribution is 0.0820. The van der Waals surface area contributed by atoms with Gasteiger partial charge in [0.1, 0.15) is 11.9 Å². The highest BCUT2D eigenvalue weighted by atomic mass is 19.1. The number of nitrogens with zero attached hydrogens (tertiary/aromatic N) is 3. The Morgan fingerprint density at radius 1 is 1.14 bits per heavy atom. The van der Waals surface area contributed by atoms with Crippen LogP contribution in [-0.4, -0.2) is 37.6 Å². The maximum atomic E-state index is 15.7. The number of aryl methyl sites for hydroxylation is 2. The Balaban J connectivity index is 1.19. The van der Waals surface area contributed by atoms with E-state index in [1.165, 1.54) is 4.57 Å². The molecular formula is C28H29FN4O2. The zero-order valence-corrected chi connectivity index (χ0v) is 19.7.